The summed E-state index contributed by atoms with van der Waals surface area (Å²) in [6.07, 6.45) is -3.85. The molecule has 2 heterocycles. The zero-order chi connectivity index (χ0) is 20.6. The Labute approximate surface area is 160 Å². The molecule has 2 atom stereocenters. The smallest absolute Gasteiger partial charge is 0.444 e. The molecule has 1 saturated carbocycles. The molecular weight excluding hydrogens is 383 g/mol. The largest absolute Gasteiger partial charge is 0.523 e. The summed E-state index contributed by atoms with van der Waals surface area (Å²) in [4.78, 5) is 15.9. The average Bonchev–Trinajstić information content (AvgIpc) is 2.99. The molecule has 158 valence electrons. The van der Waals surface area contributed by atoms with Crippen molar-refractivity contribution in [1.82, 2.24) is 15.5 Å². The van der Waals surface area contributed by atoms with Crippen LogP contribution in [0.5, 0.6) is 0 Å². The molecule has 2 aliphatic rings. The van der Waals surface area contributed by atoms with Crippen molar-refractivity contribution >= 4 is 6.09 Å². The Balaban J connectivity index is 1.55. The fourth-order valence-corrected chi connectivity index (χ4v) is 3.18. The van der Waals surface area contributed by atoms with Gasteiger partial charge in [0.25, 0.3) is 5.89 Å². The summed E-state index contributed by atoms with van der Waals surface area (Å²) in [7, 11) is 0. The summed E-state index contributed by atoms with van der Waals surface area (Å²) in [5.41, 5.74) is -2.17. The number of alkyl carbamates (subject to hydrolysis) is 1. The zero-order valence-corrected chi connectivity index (χ0v) is 16.0. The van der Waals surface area contributed by atoms with Gasteiger partial charge in [0.2, 0.25) is 5.82 Å². The summed E-state index contributed by atoms with van der Waals surface area (Å²) >= 11 is 0. The van der Waals surface area contributed by atoms with Crippen molar-refractivity contribution in [1.29, 1.82) is 0 Å². The lowest BCUT2D eigenvalue weighted by molar-refractivity contribution is -0.385. The second-order valence-electron chi connectivity index (χ2n) is 8.09. The number of hydrogen-bond acceptors (Lipinski definition) is 7. The second kappa shape index (κ2) is 7.51. The standard InChI is InChI=1S/C17H24F3N3O5/c1-15(2,3)26-14(24)21-10-5-6-11(25-9-10)12-22-13(23-27-12)16(7-4-8-16)28-17(18,19)20/h10-11H,4-9H2,1-3H3,(H,21,24)/t10-,11+/m1/s1. The first-order valence-corrected chi connectivity index (χ1v) is 9.18. The molecule has 1 N–H and O–H groups in total. The van der Waals surface area contributed by atoms with E-state index in [4.69, 9.17) is 14.0 Å². The number of carbonyl (C=O) groups excluding carboxylic acids is 1. The number of alkyl halides is 3. The Morgan fingerprint density at radius 3 is 2.46 bits per heavy atom. The quantitative estimate of drug-likeness (QED) is 0.812. The fourth-order valence-electron chi connectivity index (χ4n) is 3.18. The van der Waals surface area contributed by atoms with Gasteiger partial charge in [-0.3, -0.25) is 4.74 Å². The van der Waals surface area contributed by atoms with Crippen molar-refractivity contribution in [2.24, 2.45) is 0 Å². The van der Waals surface area contributed by atoms with Crippen LogP contribution in [0.25, 0.3) is 0 Å². The van der Waals surface area contributed by atoms with E-state index in [9.17, 15) is 18.0 Å². The van der Waals surface area contributed by atoms with Gasteiger partial charge in [0.1, 0.15) is 17.3 Å². The predicted molar refractivity (Wildman–Crippen MR) is 88.1 cm³/mol. The summed E-state index contributed by atoms with van der Waals surface area (Å²) in [6.45, 7) is 5.51. The average molecular weight is 407 g/mol. The normalized spacial score (nSPS) is 25.1. The predicted octanol–water partition coefficient (Wildman–Crippen LogP) is 3.73. The van der Waals surface area contributed by atoms with Crippen LogP contribution in [0.4, 0.5) is 18.0 Å². The SMILES string of the molecule is CC(C)(C)OC(=O)N[C@@H]1CC[C@@H](c2nc(C3(OC(F)(F)F)CCC3)no2)OC1. The molecule has 0 radical (unpaired) electrons. The second-order valence-corrected chi connectivity index (χ2v) is 8.09. The molecule has 2 fully saturated rings. The highest BCUT2D eigenvalue weighted by atomic mass is 19.4. The first-order valence-electron chi connectivity index (χ1n) is 9.18. The van der Waals surface area contributed by atoms with Crippen molar-refractivity contribution in [3.63, 3.8) is 0 Å². The summed E-state index contributed by atoms with van der Waals surface area (Å²) in [5.74, 6) is 0.00597. The molecule has 1 saturated heterocycles. The molecule has 0 bridgehead atoms. The Bertz CT molecular complexity index is 689. The third-order valence-corrected chi connectivity index (χ3v) is 4.59. The number of nitrogens with zero attached hydrogens (tertiary/aromatic N) is 2. The van der Waals surface area contributed by atoms with Crippen molar-refractivity contribution in [3.05, 3.63) is 11.7 Å². The molecule has 8 nitrogen and oxygen atoms in total. The van der Waals surface area contributed by atoms with E-state index in [1.165, 1.54) is 0 Å². The summed E-state index contributed by atoms with van der Waals surface area (Å²) in [5, 5.41) is 6.42. The van der Waals surface area contributed by atoms with E-state index in [2.05, 4.69) is 20.2 Å². The Kier molecular flexibility index (Phi) is 5.59. The molecule has 1 aromatic heterocycles. The number of nitrogens with one attached hydrogen (secondary N) is 1. The topological polar surface area (TPSA) is 95.7 Å². The highest BCUT2D eigenvalue weighted by molar-refractivity contribution is 5.68. The lowest BCUT2D eigenvalue weighted by atomic mass is 9.79. The molecule has 3 rings (SSSR count). The van der Waals surface area contributed by atoms with Gasteiger partial charge in [0.15, 0.2) is 0 Å². The molecule has 11 heteroatoms. The van der Waals surface area contributed by atoms with Gasteiger partial charge in [0.05, 0.1) is 12.6 Å². The maximum atomic E-state index is 12.7. The lowest BCUT2D eigenvalue weighted by Gasteiger charge is -2.38. The van der Waals surface area contributed by atoms with Crippen LogP contribution in [-0.2, 0) is 19.8 Å². The van der Waals surface area contributed by atoms with Gasteiger partial charge in [-0.1, -0.05) is 5.16 Å². The number of amides is 1. The number of halogens is 3. The van der Waals surface area contributed by atoms with Crippen LogP contribution in [0.3, 0.4) is 0 Å². The van der Waals surface area contributed by atoms with Crippen LogP contribution in [0.15, 0.2) is 4.52 Å². The third-order valence-electron chi connectivity index (χ3n) is 4.59. The maximum Gasteiger partial charge on any atom is 0.523 e. The Hall–Kier alpha value is -1.88. The van der Waals surface area contributed by atoms with E-state index >= 15 is 0 Å². The van der Waals surface area contributed by atoms with E-state index < -0.39 is 29.8 Å². The summed E-state index contributed by atoms with van der Waals surface area (Å²) in [6, 6.07) is -0.236. The van der Waals surface area contributed by atoms with Gasteiger partial charge >= 0.3 is 12.5 Å². The molecule has 1 aliphatic carbocycles. The van der Waals surface area contributed by atoms with Crippen LogP contribution in [0.2, 0.25) is 0 Å². The fraction of sp³-hybridized carbons (Fsp3) is 0.824. The first-order chi connectivity index (χ1) is 13.0. The number of hydrogen-bond donors (Lipinski definition) is 1. The molecular formula is C17H24F3N3O5. The molecule has 0 aromatic carbocycles. The Morgan fingerprint density at radius 1 is 1.25 bits per heavy atom. The van der Waals surface area contributed by atoms with E-state index in [0.717, 1.165) is 0 Å². The van der Waals surface area contributed by atoms with Gasteiger partial charge in [-0.15, -0.1) is 13.2 Å². The van der Waals surface area contributed by atoms with E-state index in [1.54, 1.807) is 20.8 Å². The first kappa shape index (κ1) is 20.8. The minimum absolute atomic E-state index is 0.108. The minimum atomic E-state index is -4.77. The molecule has 28 heavy (non-hydrogen) atoms. The molecule has 1 aliphatic heterocycles. The molecule has 0 spiro atoms. The Morgan fingerprint density at radius 2 is 1.96 bits per heavy atom. The molecule has 1 aromatic rings. The number of carbonyl (C=O) groups is 1. The van der Waals surface area contributed by atoms with Crippen molar-refractivity contribution in [3.8, 4) is 0 Å². The van der Waals surface area contributed by atoms with Gasteiger partial charge < -0.3 is 19.3 Å². The molecule has 1 amide bonds. The zero-order valence-electron chi connectivity index (χ0n) is 16.0. The highest BCUT2D eigenvalue weighted by Gasteiger charge is 2.52. The minimum Gasteiger partial charge on any atom is -0.444 e. The van der Waals surface area contributed by atoms with Crippen LogP contribution >= 0.6 is 0 Å². The van der Waals surface area contributed by atoms with Crippen LogP contribution in [0, 0.1) is 0 Å². The summed E-state index contributed by atoms with van der Waals surface area (Å²) < 4.78 is 58.3. The van der Waals surface area contributed by atoms with Crippen molar-refractivity contribution in [2.45, 2.75) is 82.6 Å². The maximum absolute atomic E-state index is 12.7. The van der Waals surface area contributed by atoms with Gasteiger partial charge in [-0.05, 0) is 52.9 Å². The number of aromatic nitrogens is 2. The third kappa shape index (κ3) is 5.13. The van der Waals surface area contributed by atoms with E-state index in [0.29, 0.717) is 19.3 Å². The van der Waals surface area contributed by atoms with Crippen molar-refractivity contribution < 1.29 is 36.7 Å². The number of rotatable bonds is 4. The van der Waals surface area contributed by atoms with Gasteiger partial charge in [-0.2, -0.15) is 4.98 Å². The van der Waals surface area contributed by atoms with E-state index in [1.807, 2.05) is 0 Å². The van der Waals surface area contributed by atoms with Gasteiger partial charge in [-0.25, -0.2) is 4.79 Å². The van der Waals surface area contributed by atoms with Crippen LogP contribution in [-0.4, -0.2) is 40.8 Å². The lowest BCUT2D eigenvalue weighted by Crippen LogP contribution is -2.43. The van der Waals surface area contributed by atoms with Gasteiger partial charge in [0, 0.05) is 0 Å². The van der Waals surface area contributed by atoms with Crippen molar-refractivity contribution in [2.75, 3.05) is 6.61 Å². The monoisotopic (exact) mass is 407 g/mol. The van der Waals surface area contributed by atoms with E-state index in [-0.39, 0.29) is 37.2 Å². The molecule has 0 unspecified atom stereocenters. The highest BCUT2D eigenvalue weighted by Crippen LogP contribution is 2.47. The van der Waals surface area contributed by atoms with Crippen LogP contribution < -0.4 is 5.32 Å². The van der Waals surface area contributed by atoms with Crippen LogP contribution in [0.1, 0.15) is 70.7 Å². The number of ether oxygens (including phenoxy) is 3.